The summed E-state index contributed by atoms with van der Waals surface area (Å²) in [5.41, 5.74) is 5.76. The zero-order chi connectivity index (χ0) is 20.4. The van der Waals surface area contributed by atoms with Crippen LogP contribution in [0.2, 0.25) is 0 Å². The number of fused-ring (bicyclic) bond motifs is 1. The van der Waals surface area contributed by atoms with E-state index in [9.17, 15) is 24.5 Å². The van der Waals surface area contributed by atoms with Gasteiger partial charge in [0.1, 0.15) is 5.75 Å². The van der Waals surface area contributed by atoms with Crippen molar-refractivity contribution in [2.45, 2.75) is 12.4 Å². The molecule has 0 unspecified atom stereocenters. The number of para-hydroxylation sites is 1. The summed E-state index contributed by atoms with van der Waals surface area (Å²) in [5.74, 6) is -4.26. The summed E-state index contributed by atoms with van der Waals surface area (Å²) in [7, 11) is -1.52. The molecule has 28 heavy (non-hydrogen) atoms. The number of benzene rings is 1. The topological polar surface area (TPSA) is 172 Å². The van der Waals surface area contributed by atoms with Crippen molar-refractivity contribution in [3.05, 3.63) is 46.5 Å². The van der Waals surface area contributed by atoms with Gasteiger partial charge in [0.25, 0.3) is 5.91 Å². The molecule has 1 amide bonds. The molecule has 1 aromatic heterocycles. The van der Waals surface area contributed by atoms with Crippen LogP contribution in [0.1, 0.15) is 21.6 Å². The number of hydrogen-bond acceptors (Lipinski definition) is 8. The normalized spacial score (nSPS) is 16.1. The number of hydrogen-bond donors (Lipinski definition) is 5. The van der Waals surface area contributed by atoms with E-state index in [2.05, 4.69) is 10.3 Å². The average molecular weight is 403 g/mol. The number of nitrogens with zero attached hydrogens (tertiary/aromatic N) is 1. The molecule has 12 heteroatoms. The zero-order valence-corrected chi connectivity index (χ0v) is 15.0. The van der Waals surface area contributed by atoms with Gasteiger partial charge in [-0.3, -0.25) is 4.79 Å². The van der Waals surface area contributed by atoms with Gasteiger partial charge in [0, 0.05) is 11.5 Å². The van der Waals surface area contributed by atoms with Gasteiger partial charge in [-0.1, -0.05) is 12.1 Å². The first kappa shape index (κ1) is 19.4. The second-order valence-corrected chi connectivity index (χ2v) is 6.75. The molecule has 1 aliphatic heterocycles. The third kappa shape index (κ3) is 3.97. The second-order valence-electron chi connectivity index (χ2n) is 5.86. The summed E-state index contributed by atoms with van der Waals surface area (Å²) in [5, 5.41) is 32.6. The maximum Gasteiger partial charge on any atom is 0.547 e. The minimum atomic E-state index is -1.52. The van der Waals surface area contributed by atoms with E-state index in [0.717, 1.165) is 11.3 Å². The molecule has 0 aliphatic carbocycles. The third-order valence-electron chi connectivity index (χ3n) is 3.98. The molecular formula is C16H14BN3O7S. The number of amides is 1. The molecule has 0 spiro atoms. The van der Waals surface area contributed by atoms with E-state index in [0.29, 0.717) is 11.6 Å². The van der Waals surface area contributed by atoms with E-state index < -0.39 is 30.9 Å². The SMILES string of the molecule is Nc1nc(/C(=C/C(=O)O)C(=O)N[C@H]2Cc3cccc(C(=O)O)c3OB2O)cs1. The van der Waals surface area contributed by atoms with Crippen molar-refractivity contribution in [1.82, 2.24) is 10.3 Å². The summed E-state index contributed by atoms with van der Waals surface area (Å²) >= 11 is 1.04. The second kappa shape index (κ2) is 7.70. The molecule has 0 bridgehead atoms. The highest BCUT2D eigenvalue weighted by Gasteiger charge is 2.38. The predicted molar refractivity (Wildman–Crippen MR) is 99.8 cm³/mol. The first-order valence-corrected chi connectivity index (χ1v) is 8.81. The monoisotopic (exact) mass is 403 g/mol. The van der Waals surface area contributed by atoms with Gasteiger partial charge in [-0.05, 0) is 18.1 Å². The largest absolute Gasteiger partial charge is 0.547 e. The molecule has 10 nitrogen and oxygen atoms in total. The van der Waals surface area contributed by atoms with Gasteiger partial charge < -0.3 is 30.9 Å². The van der Waals surface area contributed by atoms with Crippen LogP contribution in [0.25, 0.3) is 5.57 Å². The zero-order valence-electron chi connectivity index (χ0n) is 14.2. The lowest BCUT2D eigenvalue weighted by Gasteiger charge is -2.29. The van der Waals surface area contributed by atoms with Crippen LogP contribution in [-0.4, -0.2) is 51.1 Å². The molecule has 0 saturated carbocycles. The number of nitrogens with two attached hydrogens (primary N) is 1. The summed E-state index contributed by atoms with van der Waals surface area (Å²) in [4.78, 5) is 38.9. The standard InChI is InChI=1S/C16H14BN3O7S/c18-16-19-10(6-28-16)9(5-12(21)22)14(23)20-11-4-7-2-1-3-8(15(24)25)13(7)27-17(11)26/h1-3,5-6,11,26H,4H2,(H2,18,19)(H,20,23)(H,21,22)(H,24,25)/b9-5-/t11-/m0/s1. The molecule has 1 aliphatic rings. The Morgan fingerprint density at radius 1 is 1.36 bits per heavy atom. The molecule has 0 saturated heterocycles. The van der Waals surface area contributed by atoms with Gasteiger partial charge in [-0.2, -0.15) is 0 Å². The van der Waals surface area contributed by atoms with Gasteiger partial charge in [-0.25, -0.2) is 14.6 Å². The van der Waals surface area contributed by atoms with Crippen LogP contribution in [-0.2, 0) is 16.0 Å². The number of carbonyl (C=O) groups excluding carboxylic acids is 1. The minimum absolute atomic E-state index is 0.0292. The van der Waals surface area contributed by atoms with E-state index in [-0.39, 0.29) is 34.1 Å². The Kier molecular flexibility index (Phi) is 5.33. The number of anilines is 1. The van der Waals surface area contributed by atoms with Gasteiger partial charge in [0.2, 0.25) is 0 Å². The number of carboxylic acid groups (broad SMARTS) is 2. The maximum absolute atomic E-state index is 12.6. The lowest BCUT2D eigenvalue weighted by molar-refractivity contribution is -0.131. The third-order valence-corrected chi connectivity index (χ3v) is 4.65. The van der Waals surface area contributed by atoms with Crippen LogP contribution in [0.3, 0.4) is 0 Å². The van der Waals surface area contributed by atoms with Crippen LogP contribution in [0, 0.1) is 0 Å². The highest BCUT2D eigenvalue weighted by molar-refractivity contribution is 7.13. The van der Waals surface area contributed by atoms with E-state index in [1.807, 2.05) is 0 Å². The lowest BCUT2D eigenvalue weighted by Crippen LogP contribution is -2.53. The number of nitrogen functional groups attached to an aromatic ring is 1. The van der Waals surface area contributed by atoms with Crippen molar-refractivity contribution in [3.8, 4) is 5.75 Å². The highest BCUT2D eigenvalue weighted by Crippen LogP contribution is 2.30. The molecule has 2 heterocycles. The molecule has 0 radical (unpaired) electrons. The molecule has 2 aromatic rings. The van der Waals surface area contributed by atoms with Crippen LogP contribution >= 0.6 is 11.3 Å². The van der Waals surface area contributed by atoms with Gasteiger partial charge in [-0.15, -0.1) is 11.3 Å². The van der Waals surface area contributed by atoms with Crippen LogP contribution in [0.15, 0.2) is 29.7 Å². The number of nitrogens with one attached hydrogen (secondary N) is 1. The van der Waals surface area contributed by atoms with Crippen molar-refractivity contribution in [3.63, 3.8) is 0 Å². The fourth-order valence-electron chi connectivity index (χ4n) is 2.75. The Hall–Kier alpha value is -3.38. The molecule has 144 valence electrons. The van der Waals surface area contributed by atoms with Crippen LogP contribution in [0.4, 0.5) is 5.13 Å². The fraction of sp³-hybridized carbons (Fsp3) is 0.125. The Morgan fingerprint density at radius 2 is 2.11 bits per heavy atom. The van der Waals surface area contributed by atoms with Crippen molar-refractivity contribution < 1.29 is 34.3 Å². The van der Waals surface area contributed by atoms with Gasteiger partial charge >= 0.3 is 19.1 Å². The Labute approximate surface area is 162 Å². The van der Waals surface area contributed by atoms with Crippen LogP contribution < -0.4 is 15.7 Å². The summed E-state index contributed by atoms with van der Waals surface area (Å²) in [6.45, 7) is 0. The Balaban J connectivity index is 1.84. The van der Waals surface area contributed by atoms with Crippen molar-refractivity contribution in [2.24, 2.45) is 0 Å². The van der Waals surface area contributed by atoms with Gasteiger partial charge in [0.05, 0.1) is 22.8 Å². The quantitative estimate of drug-likeness (QED) is 0.341. The van der Waals surface area contributed by atoms with Crippen molar-refractivity contribution in [2.75, 3.05) is 5.73 Å². The molecule has 0 fully saturated rings. The maximum atomic E-state index is 12.6. The lowest BCUT2D eigenvalue weighted by atomic mass is 9.72. The first-order chi connectivity index (χ1) is 13.3. The summed E-state index contributed by atoms with van der Waals surface area (Å²) in [6, 6.07) is 4.48. The Bertz CT molecular complexity index is 990. The summed E-state index contributed by atoms with van der Waals surface area (Å²) in [6.07, 6.45) is 0.777. The number of rotatable bonds is 5. The number of aromatic carboxylic acids is 1. The van der Waals surface area contributed by atoms with E-state index in [4.69, 9.17) is 15.5 Å². The molecular weight excluding hydrogens is 389 g/mol. The van der Waals surface area contributed by atoms with Crippen LogP contribution in [0.5, 0.6) is 5.75 Å². The van der Waals surface area contributed by atoms with E-state index in [1.165, 1.54) is 17.5 Å². The average Bonchev–Trinajstić information content (AvgIpc) is 3.05. The fourth-order valence-corrected chi connectivity index (χ4v) is 3.32. The smallest absolute Gasteiger partial charge is 0.534 e. The number of carbonyl (C=O) groups is 3. The molecule has 3 rings (SSSR count). The molecule has 1 atom stereocenters. The Morgan fingerprint density at radius 3 is 2.71 bits per heavy atom. The highest BCUT2D eigenvalue weighted by atomic mass is 32.1. The molecule has 1 aromatic carbocycles. The predicted octanol–water partition coefficient (Wildman–Crippen LogP) is 0.0311. The number of aliphatic carboxylic acids is 1. The number of aromatic nitrogens is 1. The van der Waals surface area contributed by atoms with Gasteiger partial charge in [0.15, 0.2) is 5.13 Å². The van der Waals surface area contributed by atoms with E-state index in [1.54, 1.807) is 6.07 Å². The van der Waals surface area contributed by atoms with Crippen molar-refractivity contribution >= 4 is 47.0 Å². The first-order valence-electron chi connectivity index (χ1n) is 7.93. The number of carboxylic acids is 2. The van der Waals surface area contributed by atoms with E-state index >= 15 is 0 Å². The summed E-state index contributed by atoms with van der Waals surface area (Å²) < 4.78 is 5.30. The van der Waals surface area contributed by atoms with Crippen molar-refractivity contribution in [1.29, 1.82) is 0 Å². The minimum Gasteiger partial charge on any atom is -0.534 e. The molecule has 6 N–H and O–H groups in total. The number of thiazole rings is 1.